The van der Waals surface area contributed by atoms with E-state index in [2.05, 4.69) is 25.7 Å². The maximum Gasteiger partial charge on any atom is 0.325 e. The summed E-state index contributed by atoms with van der Waals surface area (Å²) in [5, 5.41) is 10.8. The van der Waals surface area contributed by atoms with E-state index in [0.29, 0.717) is 15.5 Å². The Morgan fingerprint density at radius 2 is 2.33 bits per heavy atom. The number of hydrogen-bond donors (Lipinski definition) is 0. The summed E-state index contributed by atoms with van der Waals surface area (Å²) >= 11 is 3.22. The highest BCUT2D eigenvalue weighted by atomic mass is 79.9. The van der Waals surface area contributed by atoms with Crippen molar-refractivity contribution in [2.45, 2.75) is 6.54 Å². The number of imidazole rings is 1. The van der Waals surface area contributed by atoms with Crippen molar-refractivity contribution in [2.24, 2.45) is 0 Å². The normalized spacial score (nSPS) is 10.6. The molecule has 0 atom stereocenters. The maximum atomic E-state index is 11.2. The predicted octanol–water partition coefficient (Wildman–Crippen LogP) is 1.88. The smallest absolute Gasteiger partial charge is 0.325 e. The first-order valence-corrected chi connectivity index (χ1v) is 5.68. The summed E-state index contributed by atoms with van der Waals surface area (Å²) in [6, 6.07) is 2.74. The Kier molecular flexibility index (Phi) is 3.28. The summed E-state index contributed by atoms with van der Waals surface area (Å²) in [5.41, 5.74) is 0.993. The molecule has 18 heavy (non-hydrogen) atoms. The Hall–Kier alpha value is -1.96. The third-order valence-electron chi connectivity index (χ3n) is 2.40. The topological polar surface area (TPSA) is 87.3 Å². The van der Waals surface area contributed by atoms with Gasteiger partial charge in [-0.15, -0.1) is 0 Å². The molecule has 0 aliphatic carbocycles. The van der Waals surface area contributed by atoms with Gasteiger partial charge in [-0.05, 0) is 15.9 Å². The van der Waals surface area contributed by atoms with Crippen LogP contribution >= 0.6 is 15.9 Å². The highest BCUT2D eigenvalue weighted by molar-refractivity contribution is 9.10. The van der Waals surface area contributed by atoms with E-state index in [1.54, 1.807) is 0 Å². The van der Waals surface area contributed by atoms with Gasteiger partial charge in [0.15, 0.2) is 0 Å². The number of non-ortho nitro benzene ring substituents is 1. The van der Waals surface area contributed by atoms with Crippen LogP contribution in [0.5, 0.6) is 0 Å². The number of esters is 1. The van der Waals surface area contributed by atoms with E-state index in [0.717, 1.165) is 0 Å². The molecule has 2 aromatic rings. The first kappa shape index (κ1) is 12.5. The summed E-state index contributed by atoms with van der Waals surface area (Å²) < 4.78 is 6.56. The lowest BCUT2D eigenvalue weighted by Gasteiger charge is -2.02. The summed E-state index contributed by atoms with van der Waals surface area (Å²) in [7, 11) is 1.28. The van der Waals surface area contributed by atoms with Gasteiger partial charge in [-0.2, -0.15) is 0 Å². The van der Waals surface area contributed by atoms with Gasteiger partial charge in [0.05, 0.1) is 28.3 Å². The molecular weight excluding hydrogens is 306 g/mol. The monoisotopic (exact) mass is 313 g/mol. The van der Waals surface area contributed by atoms with Crippen molar-refractivity contribution >= 4 is 38.6 Å². The number of carbonyl (C=O) groups excluding carboxylic acids is 1. The standard InChI is InChI=1S/C10H8BrN3O4/c1-18-9(15)4-13-5-12-10-7(11)2-6(14(16)17)3-8(10)13/h2-3,5H,4H2,1H3. The molecule has 8 heteroatoms. The van der Waals surface area contributed by atoms with Crippen molar-refractivity contribution in [2.75, 3.05) is 7.11 Å². The number of nitro benzene ring substituents is 1. The van der Waals surface area contributed by atoms with Crippen LogP contribution in [-0.2, 0) is 16.1 Å². The van der Waals surface area contributed by atoms with E-state index in [4.69, 9.17) is 0 Å². The molecule has 0 aliphatic rings. The number of rotatable bonds is 3. The largest absolute Gasteiger partial charge is 0.468 e. The molecule has 0 amide bonds. The Balaban J connectivity index is 2.56. The van der Waals surface area contributed by atoms with Crippen molar-refractivity contribution in [1.82, 2.24) is 9.55 Å². The molecule has 0 unspecified atom stereocenters. The van der Waals surface area contributed by atoms with Gasteiger partial charge < -0.3 is 9.30 Å². The molecular formula is C10H8BrN3O4. The number of hydrogen-bond acceptors (Lipinski definition) is 5. The zero-order valence-electron chi connectivity index (χ0n) is 9.29. The highest BCUT2D eigenvalue weighted by Gasteiger charge is 2.15. The van der Waals surface area contributed by atoms with E-state index in [9.17, 15) is 14.9 Å². The van der Waals surface area contributed by atoms with Crippen LogP contribution in [0, 0.1) is 10.1 Å². The number of ether oxygens (including phenoxy) is 1. The van der Waals surface area contributed by atoms with E-state index in [-0.39, 0.29) is 12.2 Å². The van der Waals surface area contributed by atoms with Crippen LogP contribution in [0.3, 0.4) is 0 Å². The number of aromatic nitrogens is 2. The molecule has 0 saturated heterocycles. The van der Waals surface area contributed by atoms with E-state index in [1.165, 1.54) is 30.1 Å². The van der Waals surface area contributed by atoms with Crippen LogP contribution in [0.15, 0.2) is 22.9 Å². The highest BCUT2D eigenvalue weighted by Crippen LogP contribution is 2.28. The van der Waals surface area contributed by atoms with Crippen molar-refractivity contribution in [1.29, 1.82) is 0 Å². The van der Waals surface area contributed by atoms with Gasteiger partial charge in [0, 0.05) is 12.1 Å². The molecule has 1 aromatic heterocycles. The van der Waals surface area contributed by atoms with Crippen molar-refractivity contribution in [3.05, 3.63) is 33.0 Å². The number of nitrogens with zero attached hydrogens (tertiary/aromatic N) is 3. The second kappa shape index (κ2) is 4.73. The first-order valence-electron chi connectivity index (χ1n) is 4.88. The lowest BCUT2D eigenvalue weighted by molar-refractivity contribution is -0.384. The second-order valence-corrected chi connectivity index (χ2v) is 4.36. The van der Waals surface area contributed by atoms with Gasteiger partial charge in [0.2, 0.25) is 0 Å². The molecule has 1 heterocycles. The minimum atomic E-state index is -0.500. The summed E-state index contributed by atoms with van der Waals surface area (Å²) in [4.78, 5) is 25.6. The average molecular weight is 314 g/mol. The average Bonchev–Trinajstić information content (AvgIpc) is 2.72. The Bertz CT molecular complexity index is 637. The number of halogens is 1. The third kappa shape index (κ3) is 2.19. The Morgan fingerprint density at radius 3 is 2.94 bits per heavy atom. The van der Waals surface area contributed by atoms with Gasteiger partial charge in [-0.1, -0.05) is 0 Å². The van der Waals surface area contributed by atoms with Crippen molar-refractivity contribution in [3.8, 4) is 0 Å². The van der Waals surface area contributed by atoms with E-state index in [1.807, 2.05) is 0 Å². The van der Waals surface area contributed by atoms with Gasteiger partial charge in [0.1, 0.15) is 12.1 Å². The molecule has 94 valence electrons. The maximum absolute atomic E-state index is 11.2. The number of benzene rings is 1. The van der Waals surface area contributed by atoms with E-state index < -0.39 is 10.9 Å². The second-order valence-electron chi connectivity index (χ2n) is 3.50. The van der Waals surface area contributed by atoms with Crippen LogP contribution in [0.25, 0.3) is 11.0 Å². The minimum Gasteiger partial charge on any atom is -0.468 e. The van der Waals surface area contributed by atoms with Gasteiger partial charge in [-0.3, -0.25) is 14.9 Å². The number of fused-ring (bicyclic) bond motifs is 1. The SMILES string of the molecule is COC(=O)Cn1cnc2c(Br)cc([N+](=O)[O-])cc21. The van der Waals surface area contributed by atoms with E-state index >= 15 is 0 Å². The van der Waals surface area contributed by atoms with Gasteiger partial charge >= 0.3 is 5.97 Å². The number of methoxy groups -OCH3 is 1. The minimum absolute atomic E-state index is 0.0411. The zero-order valence-corrected chi connectivity index (χ0v) is 10.9. The fourth-order valence-electron chi connectivity index (χ4n) is 1.54. The quantitative estimate of drug-likeness (QED) is 0.490. The summed E-state index contributed by atoms with van der Waals surface area (Å²) in [6.45, 7) is -0.0411. The lowest BCUT2D eigenvalue weighted by Crippen LogP contribution is -2.10. The lowest BCUT2D eigenvalue weighted by atomic mass is 10.3. The fourth-order valence-corrected chi connectivity index (χ4v) is 2.08. The van der Waals surface area contributed by atoms with Crippen LogP contribution in [0.1, 0.15) is 0 Å². The zero-order chi connectivity index (χ0) is 13.3. The molecule has 0 bridgehead atoms. The molecule has 0 fully saturated rings. The Morgan fingerprint density at radius 1 is 1.61 bits per heavy atom. The third-order valence-corrected chi connectivity index (χ3v) is 3.01. The summed E-state index contributed by atoms with van der Waals surface area (Å²) in [5.74, 6) is -0.447. The first-order chi connectivity index (χ1) is 8.52. The Labute approximate surface area is 110 Å². The molecule has 0 radical (unpaired) electrons. The van der Waals surface area contributed by atoms with Crippen LogP contribution in [0.4, 0.5) is 5.69 Å². The van der Waals surface area contributed by atoms with Crippen molar-refractivity contribution in [3.63, 3.8) is 0 Å². The number of carbonyl (C=O) groups is 1. The van der Waals surface area contributed by atoms with Gasteiger partial charge in [-0.25, -0.2) is 4.98 Å². The van der Waals surface area contributed by atoms with Crippen LogP contribution < -0.4 is 0 Å². The van der Waals surface area contributed by atoms with Crippen LogP contribution in [0.2, 0.25) is 0 Å². The summed E-state index contributed by atoms with van der Waals surface area (Å²) in [6.07, 6.45) is 1.44. The predicted molar refractivity (Wildman–Crippen MR) is 66.1 cm³/mol. The molecule has 2 rings (SSSR count). The molecule has 7 nitrogen and oxygen atoms in total. The molecule has 0 saturated carbocycles. The van der Waals surface area contributed by atoms with Gasteiger partial charge in [0.25, 0.3) is 5.69 Å². The molecule has 1 aromatic carbocycles. The number of nitro groups is 1. The van der Waals surface area contributed by atoms with Crippen molar-refractivity contribution < 1.29 is 14.5 Å². The van der Waals surface area contributed by atoms with Crippen LogP contribution in [-0.4, -0.2) is 27.6 Å². The molecule has 0 spiro atoms. The fraction of sp³-hybridized carbons (Fsp3) is 0.200. The molecule has 0 aliphatic heterocycles. The molecule has 0 N–H and O–H groups in total.